The Morgan fingerprint density at radius 3 is 2.93 bits per heavy atom. The van der Waals surface area contributed by atoms with Crippen molar-refractivity contribution in [3.8, 4) is 0 Å². The van der Waals surface area contributed by atoms with Crippen molar-refractivity contribution >= 4 is 11.1 Å². The largest absolute Gasteiger partial charge is 0.439 e. The average molecular weight is 204 g/mol. The van der Waals surface area contributed by atoms with Gasteiger partial charge in [-0.25, -0.2) is 4.98 Å². The van der Waals surface area contributed by atoms with Gasteiger partial charge in [-0.1, -0.05) is 13.0 Å². The van der Waals surface area contributed by atoms with Crippen LogP contribution in [-0.2, 0) is 0 Å². The van der Waals surface area contributed by atoms with E-state index < -0.39 is 0 Å². The smallest absolute Gasteiger partial charge is 0.212 e. The molecule has 3 heteroatoms. The van der Waals surface area contributed by atoms with E-state index in [9.17, 15) is 0 Å². The molecule has 2 aromatic rings. The maximum atomic E-state index is 5.72. The second-order valence-corrected chi connectivity index (χ2v) is 3.77. The van der Waals surface area contributed by atoms with Crippen LogP contribution in [0.4, 0.5) is 0 Å². The third-order valence-electron chi connectivity index (χ3n) is 2.62. The van der Waals surface area contributed by atoms with E-state index in [0.29, 0.717) is 0 Å². The first kappa shape index (κ1) is 10.2. The van der Waals surface area contributed by atoms with Crippen LogP contribution in [0.5, 0.6) is 0 Å². The second-order valence-electron chi connectivity index (χ2n) is 3.77. The molecule has 0 radical (unpaired) electrons. The molecule has 0 fully saturated rings. The minimum Gasteiger partial charge on any atom is -0.439 e. The van der Waals surface area contributed by atoms with E-state index in [1.54, 1.807) is 0 Å². The molecule has 1 aromatic heterocycles. The van der Waals surface area contributed by atoms with Gasteiger partial charge in [0.2, 0.25) is 5.89 Å². The first-order valence-corrected chi connectivity index (χ1v) is 5.29. The maximum absolute atomic E-state index is 5.72. The lowest BCUT2D eigenvalue weighted by Gasteiger charge is -2.07. The zero-order valence-electron chi connectivity index (χ0n) is 9.37. The van der Waals surface area contributed by atoms with Crippen LogP contribution in [0.1, 0.15) is 30.8 Å². The molecule has 1 atom stereocenters. The van der Waals surface area contributed by atoms with Crippen molar-refractivity contribution in [3.05, 3.63) is 29.7 Å². The Kier molecular flexibility index (Phi) is 2.73. The third-order valence-corrected chi connectivity index (χ3v) is 2.62. The van der Waals surface area contributed by atoms with Gasteiger partial charge in [-0.2, -0.15) is 0 Å². The highest BCUT2D eigenvalue weighted by molar-refractivity contribution is 5.73. The Hall–Kier alpha value is -1.35. The van der Waals surface area contributed by atoms with Crippen molar-refractivity contribution in [2.24, 2.45) is 0 Å². The van der Waals surface area contributed by atoms with Gasteiger partial charge in [-0.05, 0) is 38.1 Å². The molecular weight excluding hydrogens is 188 g/mol. The predicted octanol–water partition coefficient (Wildman–Crippen LogP) is 2.81. The number of aromatic nitrogens is 1. The molecule has 0 spiro atoms. The van der Waals surface area contributed by atoms with Gasteiger partial charge in [0, 0.05) is 0 Å². The summed E-state index contributed by atoms with van der Waals surface area (Å²) < 4.78 is 5.72. The molecule has 80 valence electrons. The van der Waals surface area contributed by atoms with Crippen molar-refractivity contribution in [3.63, 3.8) is 0 Å². The minimum atomic E-state index is 0.206. The van der Waals surface area contributed by atoms with Gasteiger partial charge < -0.3 is 9.73 Å². The van der Waals surface area contributed by atoms with Crippen LogP contribution < -0.4 is 5.32 Å². The van der Waals surface area contributed by atoms with Crippen LogP contribution in [0.3, 0.4) is 0 Å². The van der Waals surface area contributed by atoms with E-state index in [1.807, 2.05) is 19.2 Å². The molecule has 0 aliphatic rings. The normalized spacial score (nSPS) is 13.3. The first-order valence-electron chi connectivity index (χ1n) is 5.29. The zero-order valence-corrected chi connectivity index (χ0v) is 9.37. The number of nitrogens with one attached hydrogen (secondary N) is 1. The van der Waals surface area contributed by atoms with Crippen LogP contribution in [0.15, 0.2) is 22.6 Å². The average Bonchev–Trinajstić information content (AvgIpc) is 2.62. The second kappa shape index (κ2) is 4.03. The molecule has 0 amide bonds. The summed E-state index contributed by atoms with van der Waals surface area (Å²) in [4.78, 5) is 4.47. The monoisotopic (exact) mass is 204 g/mol. The molecule has 1 aromatic carbocycles. The van der Waals surface area contributed by atoms with E-state index in [2.05, 4.69) is 30.2 Å². The number of oxazole rings is 1. The molecule has 15 heavy (non-hydrogen) atoms. The van der Waals surface area contributed by atoms with Crippen molar-refractivity contribution in [2.45, 2.75) is 26.3 Å². The van der Waals surface area contributed by atoms with E-state index >= 15 is 0 Å². The lowest BCUT2D eigenvalue weighted by Crippen LogP contribution is -2.15. The Balaban J connectivity index is 2.46. The van der Waals surface area contributed by atoms with Crippen LogP contribution >= 0.6 is 0 Å². The fourth-order valence-corrected chi connectivity index (χ4v) is 1.70. The fourth-order valence-electron chi connectivity index (χ4n) is 1.70. The highest BCUT2D eigenvalue weighted by atomic mass is 16.3. The van der Waals surface area contributed by atoms with Crippen molar-refractivity contribution in [2.75, 3.05) is 7.05 Å². The quantitative estimate of drug-likeness (QED) is 0.835. The van der Waals surface area contributed by atoms with Gasteiger partial charge in [-0.15, -0.1) is 0 Å². The van der Waals surface area contributed by atoms with E-state index in [1.165, 1.54) is 5.56 Å². The van der Waals surface area contributed by atoms with Gasteiger partial charge >= 0.3 is 0 Å². The molecule has 0 saturated heterocycles. The standard InChI is InChI=1S/C12H16N2O/c1-4-9(13-3)12-14-10-6-5-8(2)7-11(10)15-12/h5-7,9,13H,4H2,1-3H3. The summed E-state index contributed by atoms with van der Waals surface area (Å²) in [6, 6.07) is 6.28. The summed E-state index contributed by atoms with van der Waals surface area (Å²) in [5.74, 6) is 0.778. The Morgan fingerprint density at radius 2 is 2.27 bits per heavy atom. The molecular formula is C12H16N2O. The molecule has 1 N–H and O–H groups in total. The van der Waals surface area contributed by atoms with Crippen molar-refractivity contribution < 1.29 is 4.42 Å². The van der Waals surface area contributed by atoms with E-state index in [0.717, 1.165) is 23.4 Å². The summed E-state index contributed by atoms with van der Waals surface area (Å²) >= 11 is 0. The molecule has 3 nitrogen and oxygen atoms in total. The molecule has 0 bridgehead atoms. The van der Waals surface area contributed by atoms with Crippen LogP contribution in [0, 0.1) is 6.92 Å². The lowest BCUT2D eigenvalue weighted by molar-refractivity contribution is 0.427. The summed E-state index contributed by atoms with van der Waals surface area (Å²) in [5.41, 5.74) is 3.01. The van der Waals surface area contributed by atoms with Crippen molar-refractivity contribution in [1.82, 2.24) is 10.3 Å². The Morgan fingerprint density at radius 1 is 1.47 bits per heavy atom. The lowest BCUT2D eigenvalue weighted by atomic mass is 10.2. The summed E-state index contributed by atoms with van der Waals surface area (Å²) in [7, 11) is 1.92. The summed E-state index contributed by atoms with van der Waals surface area (Å²) in [5, 5.41) is 3.19. The van der Waals surface area contributed by atoms with Gasteiger partial charge in [0.05, 0.1) is 6.04 Å². The minimum absolute atomic E-state index is 0.206. The maximum Gasteiger partial charge on any atom is 0.212 e. The topological polar surface area (TPSA) is 38.1 Å². The first-order chi connectivity index (χ1) is 7.24. The molecule has 0 aliphatic carbocycles. The van der Waals surface area contributed by atoms with Crippen molar-refractivity contribution in [1.29, 1.82) is 0 Å². The highest BCUT2D eigenvalue weighted by Crippen LogP contribution is 2.22. The molecule has 0 aliphatic heterocycles. The van der Waals surface area contributed by atoms with Gasteiger partial charge in [-0.3, -0.25) is 0 Å². The van der Waals surface area contributed by atoms with Crippen LogP contribution in [0.25, 0.3) is 11.1 Å². The SMILES string of the molecule is CCC(NC)c1nc2ccc(C)cc2o1. The van der Waals surface area contributed by atoms with Crippen LogP contribution in [0.2, 0.25) is 0 Å². The number of benzene rings is 1. The van der Waals surface area contributed by atoms with Crippen LogP contribution in [-0.4, -0.2) is 12.0 Å². The van der Waals surface area contributed by atoms with E-state index in [-0.39, 0.29) is 6.04 Å². The highest BCUT2D eigenvalue weighted by Gasteiger charge is 2.13. The number of hydrogen-bond donors (Lipinski definition) is 1. The number of rotatable bonds is 3. The number of nitrogens with zero attached hydrogens (tertiary/aromatic N) is 1. The molecule has 0 saturated carbocycles. The number of hydrogen-bond acceptors (Lipinski definition) is 3. The summed E-state index contributed by atoms with van der Waals surface area (Å²) in [6.07, 6.45) is 0.975. The zero-order chi connectivity index (χ0) is 10.8. The Labute approximate surface area is 89.5 Å². The predicted molar refractivity (Wildman–Crippen MR) is 60.8 cm³/mol. The number of aryl methyl sites for hydroxylation is 1. The van der Waals surface area contributed by atoms with Gasteiger partial charge in [0.15, 0.2) is 5.58 Å². The fraction of sp³-hybridized carbons (Fsp3) is 0.417. The molecule has 1 unspecified atom stereocenters. The van der Waals surface area contributed by atoms with Gasteiger partial charge in [0.25, 0.3) is 0 Å². The molecule has 2 rings (SSSR count). The number of fused-ring (bicyclic) bond motifs is 1. The Bertz CT molecular complexity index is 458. The molecule has 1 heterocycles. The van der Waals surface area contributed by atoms with E-state index in [4.69, 9.17) is 4.42 Å². The summed E-state index contributed by atoms with van der Waals surface area (Å²) in [6.45, 7) is 4.16. The third kappa shape index (κ3) is 1.88. The van der Waals surface area contributed by atoms with Gasteiger partial charge in [0.1, 0.15) is 5.52 Å².